The zero-order valence-corrected chi connectivity index (χ0v) is 12.4. The van der Waals surface area contributed by atoms with Crippen molar-refractivity contribution in [3.05, 3.63) is 53.7 Å². The summed E-state index contributed by atoms with van der Waals surface area (Å²) in [6.07, 6.45) is 2.80. The van der Waals surface area contributed by atoms with Gasteiger partial charge in [-0.05, 0) is 24.7 Å². The van der Waals surface area contributed by atoms with Gasteiger partial charge in [-0.15, -0.1) is 0 Å². The summed E-state index contributed by atoms with van der Waals surface area (Å²) in [7, 11) is 2.07. The first-order valence-corrected chi connectivity index (χ1v) is 7.17. The quantitative estimate of drug-likeness (QED) is 0.781. The molecule has 1 N–H and O–H groups in total. The monoisotopic (exact) mass is 281 g/mol. The fourth-order valence-corrected chi connectivity index (χ4v) is 2.39. The van der Waals surface area contributed by atoms with Gasteiger partial charge in [0.25, 0.3) is 0 Å². The van der Waals surface area contributed by atoms with Gasteiger partial charge < -0.3 is 0 Å². The smallest absolute Gasteiger partial charge is 0.150 e. The van der Waals surface area contributed by atoms with Gasteiger partial charge >= 0.3 is 0 Å². The zero-order chi connectivity index (χ0) is 14.7. The van der Waals surface area contributed by atoms with Gasteiger partial charge in [-0.3, -0.25) is 15.0 Å². The van der Waals surface area contributed by atoms with E-state index in [0.717, 1.165) is 36.7 Å². The van der Waals surface area contributed by atoms with Crippen LogP contribution in [0.3, 0.4) is 0 Å². The molecule has 2 heterocycles. The van der Waals surface area contributed by atoms with Crippen molar-refractivity contribution in [3.63, 3.8) is 0 Å². The van der Waals surface area contributed by atoms with E-state index >= 15 is 0 Å². The van der Waals surface area contributed by atoms with E-state index in [4.69, 9.17) is 0 Å². The van der Waals surface area contributed by atoms with Gasteiger partial charge in [0.2, 0.25) is 0 Å². The average Bonchev–Trinajstić information content (AvgIpc) is 2.94. The third-order valence-electron chi connectivity index (χ3n) is 3.41. The summed E-state index contributed by atoms with van der Waals surface area (Å²) in [5.74, 6) is 1.77. The lowest BCUT2D eigenvalue weighted by molar-refractivity contribution is 0.311. The second-order valence-electron chi connectivity index (χ2n) is 5.26. The number of aromatic amines is 1. The number of pyridine rings is 1. The largest absolute Gasteiger partial charge is 0.295 e. The molecule has 21 heavy (non-hydrogen) atoms. The Balaban J connectivity index is 1.69. The molecule has 0 unspecified atom stereocenters. The molecule has 0 saturated heterocycles. The van der Waals surface area contributed by atoms with Crippen LogP contribution in [0.15, 0.2) is 36.5 Å². The first kappa shape index (κ1) is 13.7. The molecule has 3 aromatic rings. The van der Waals surface area contributed by atoms with Crippen LogP contribution in [0.1, 0.15) is 24.1 Å². The average molecular weight is 281 g/mol. The van der Waals surface area contributed by atoms with Gasteiger partial charge in [-0.25, -0.2) is 4.98 Å². The van der Waals surface area contributed by atoms with E-state index < -0.39 is 0 Å². The lowest BCUT2D eigenvalue weighted by atomic mass is 10.1. The van der Waals surface area contributed by atoms with Crippen molar-refractivity contribution in [1.82, 2.24) is 25.1 Å². The third-order valence-corrected chi connectivity index (χ3v) is 3.41. The minimum absolute atomic E-state index is 0.750. The molecule has 3 rings (SSSR count). The van der Waals surface area contributed by atoms with Crippen LogP contribution in [0.4, 0.5) is 0 Å². The Hall–Kier alpha value is -2.27. The van der Waals surface area contributed by atoms with Gasteiger partial charge in [0.15, 0.2) is 0 Å². The number of para-hydroxylation sites is 1. The fourth-order valence-electron chi connectivity index (χ4n) is 2.39. The summed E-state index contributed by atoms with van der Waals surface area (Å²) < 4.78 is 0. The molecule has 0 saturated carbocycles. The van der Waals surface area contributed by atoms with Crippen molar-refractivity contribution in [2.24, 2.45) is 0 Å². The van der Waals surface area contributed by atoms with Gasteiger partial charge in [-0.2, -0.15) is 5.10 Å². The number of hydrogen-bond acceptors (Lipinski definition) is 4. The van der Waals surface area contributed by atoms with E-state index in [-0.39, 0.29) is 0 Å². The lowest BCUT2D eigenvalue weighted by Crippen LogP contribution is -2.18. The molecule has 0 spiro atoms. The molecule has 0 radical (unpaired) electrons. The maximum atomic E-state index is 4.50. The second-order valence-corrected chi connectivity index (χ2v) is 5.26. The van der Waals surface area contributed by atoms with Crippen molar-refractivity contribution in [2.75, 3.05) is 7.05 Å². The predicted molar refractivity (Wildman–Crippen MR) is 82.7 cm³/mol. The number of benzene rings is 1. The molecule has 0 aliphatic carbocycles. The molecular formula is C16H19N5. The van der Waals surface area contributed by atoms with Crippen LogP contribution in [-0.4, -0.2) is 32.1 Å². The normalized spacial score (nSPS) is 11.4. The summed E-state index contributed by atoms with van der Waals surface area (Å²) in [4.78, 5) is 11.1. The van der Waals surface area contributed by atoms with Gasteiger partial charge in [-0.1, -0.05) is 25.1 Å². The van der Waals surface area contributed by atoms with Crippen molar-refractivity contribution >= 4 is 10.9 Å². The molecular weight excluding hydrogens is 262 g/mol. The highest BCUT2D eigenvalue weighted by molar-refractivity contribution is 5.78. The molecule has 0 bridgehead atoms. The Morgan fingerprint density at radius 3 is 2.86 bits per heavy atom. The molecule has 2 aromatic heterocycles. The zero-order valence-electron chi connectivity index (χ0n) is 12.4. The number of hydrogen-bond donors (Lipinski definition) is 1. The molecule has 108 valence electrons. The molecule has 0 atom stereocenters. The van der Waals surface area contributed by atoms with Gasteiger partial charge in [0.05, 0.1) is 12.1 Å². The third kappa shape index (κ3) is 3.25. The van der Waals surface area contributed by atoms with Crippen molar-refractivity contribution < 1.29 is 0 Å². The van der Waals surface area contributed by atoms with E-state index in [1.165, 1.54) is 10.9 Å². The predicted octanol–water partition coefficient (Wildman–Crippen LogP) is 2.55. The Bertz CT molecular complexity index is 734. The number of fused-ring (bicyclic) bond motifs is 1. The van der Waals surface area contributed by atoms with Crippen molar-refractivity contribution in [2.45, 2.75) is 26.4 Å². The summed E-state index contributed by atoms with van der Waals surface area (Å²) >= 11 is 0. The van der Waals surface area contributed by atoms with Crippen LogP contribution in [0.2, 0.25) is 0 Å². The number of nitrogens with zero attached hydrogens (tertiary/aromatic N) is 4. The lowest BCUT2D eigenvalue weighted by Gasteiger charge is -2.15. The maximum absolute atomic E-state index is 4.50. The van der Waals surface area contributed by atoms with Crippen LogP contribution in [0.5, 0.6) is 0 Å². The van der Waals surface area contributed by atoms with Crippen LogP contribution >= 0.6 is 0 Å². The summed E-state index contributed by atoms with van der Waals surface area (Å²) in [5.41, 5.74) is 2.23. The van der Waals surface area contributed by atoms with Crippen LogP contribution in [-0.2, 0) is 19.5 Å². The molecule has 0 fully saturated rings. The van der Waals surface area contributed by atoms with Gasteiger partial charge in [0.1, 0.15) is 11.6 Å². The summed E-state index contributed by atoms with van der Waals surface area (Å²) in [6, 6.07) is 10.4. The fraction of sp³-hybridized carbons (Fsp3) is 0.312. The SMILES string of the molecule is CCc1n[nH]c(CN(C)Cc2cnc3ccccc3c2)n1. The Labute approximate surface area is 124 Å². The van der Waals surface area contributed by atoms with E-state index in [9.17, 15) is 0 Å². The maximum Gasteiger partial charge on any atom is 0.150 e. The highest BCUT2D eigenvalue weighted by Gasteiger charge is 2.07. The molecule has 0 aliphatic heterocycles. The minimum Gasteiger partial charge on any atom is -0.295 e. The number of aryl methyl sites for hydroxylation is 1. The van der Waals surface area contributed by atoms with Crippen molar-refractivity contribution in [1.29, 1.82) is 0 Å². The highest BCUT2D eigenvalue weighted by atomic mass is 15.2. The van der Waals surface area contributed by atoms with Crippen LogP contribution in [0.25, 0.3) is 10.9 Å². The molecule has 1 aromatic carbocycles. The first-order valence-electron chi connectivity index (χ1n) is 7.17. The minimum atomic E-state index is 0.750. The van der Waals surface area contributed by atoms with Crippen molar-refractivity contribution in [3.8, 4) is 0 Å². The number of nitrogens with one attached hydrogen (secondary N) is 1. The standard InChI is InChI=1S/C16H19N5/c1-3-15-18-16(20-19-15)11-21(2)10-12-8-13-6-4-5-7-14(13)17-9-12/h4-9H,3,10-11H2,1-2H3,(H,18,19,20). The van der Waals surface area contributed by atoms with Gasteiger partial charge in [0, 0.05) is 24.5 Å². The van der Waals surface area contributed by atoms with Crippen LogP contribution < -0.4 is 0 Å². The summed E-state index contributed by atoms with van der Waals surface area (Å²) in [5, 5.41) is 8.32. The van der Waals surface area contributed by atoms with E-state index in [2.05, 4.69) is 51.2 Å². The van der Waals surface area contributed by atoms with E-state index in [0.29, 0.717) is 0 Å². The Morgan fingerprint density at radius 1 is 1.19 bits per heavy atom. The van der Waals surface area contributed by atoms with E-state index in [1.807, 2.05) is 24.4 Å². The van der Waals surface area contributed by atoms with Crippen LogP contribution in [0, 0.1) is 0 Å². The number of aromatic nitrogens is 4. The highest BCUT2D eigenvalue weighted by Crippen LogP contribution is 2.14. The van der Waals surface area contributed by atoms with E-state index in [1.54, 1.807) is 0 Å². The summed E-state index contributed by atoms with van der Waals surface area (Å²) in [6.45, 7) is 3.64. The number of rotatable bonds is 5. The number of H-pyrrole nitrogens is 1. The Morgan fingerprint density at radius 2 is 2.05 bits per heavy atom. The molecule has 5 heteroatoms. The topological polar surface area (TPSA) is 57.7 Å². The molecule has 0 aliphatic rings. The Kier molecular flexibility index (Phi) is 3.92. The first-order chi connectivity index (χ1) is 10.2. The second kappa shape index (κ2) is 6.01. The molecule has 5 nitrogen and oxygen atoms in total. The molecule has 0 amide bonds.